The van der Waals surface area contributed by atoms with Gasteiger partial charge in [-0.05, 0) is 210 Å². The summed E-state index contributed by atoms with van der Waals surface area (Å²) in [6.07, 6.45) is 0.828. The zero-order valence-electron chi connectivity index (χ0n) is 59.5. The number of nitrogens with two attached hydrogens (primary N) is 1. The summed E-state index contributed by atoms with van der Waals surface area (Å²) in [6.45, 7) is 30.2. The lowest BCUT2D eigenvalue weighted by molar-refractivity contribution is 0.00625. The lowest BCUT2D eigenvalue weighted by Crippen LogP contribution is -2.34. The summed E-state index contributed by atoms with van der Waals surface area (Å²) in [4.78, 5) is 91.0. The normalized spacial score (nSPS) is 12.7. The van der Waals surface area contributed by atoms with Gasteiger partial charge in [-0.15, -0.1) is 104 Å². The van der Waals surface area contributed by atoms with E-state index in [2.05, 4.69) is 4.72 Å². The van der Waals surface area contributed by atoms with E-state index in [1.54, 1.807) is 35.8 Å². The van der Waals surface area contributed by atoms with E-state index in [0.29, 0.717) is 37.2 Å². The number of carboxylic acid groups (broad SMARTS) is 1. The number of hydrogen-bond acceptors (Lipinski definition) is 21. The number of carboxylic acids is 1. The predicted molar refractivity (Wildman–Crippen MR) is 424 cm³/mol. The number of thiophene rings is 7. The number of fused-ring (bicyclic) bond motifs is 3. The van der Waals surface area contributed by atoms with Gasteiger partial charge < -0.3 is 30.2 Å². The Kier molecular flexibility index (Phi) is 35.2. The molecular weight excluding hydrogens is 1480 g/mol. The molecule has 0 saturated carbocycles. The molecule has 0 aliphatic heterocycles. The molecule has 0 saturated heterocycles. The summed E-state index contributed by atoms with van der Waals surface area (Å²) in [6, 6.07) is 43.6. The van der Waals surface area contributed by atoms with Gasteiger partial charge >= 0.3 is 23.9 Å². The van der Waals surface area contributed by atoms with Gasteiger partial charge in [0.15, 0.2) is 11.6 Å². The van der Waals surface area contributed by atoms with Crippen molar-refractivity contribution in [3.8, 4) is 0 Å². The largest absolute Gasteiger partial charge is 0.477 e. The number of aromatic carboxylic acids is 1. The molecule has 0 spiro atoms. The number of ketones is 2. The molecule has 101 heavy (non-hydrogen) atoms. The third-order valence-corrected chi connectivity index (χ3v) is 23.6. The number of aliphatic hydroxyl groups excluding tert-OH is 1. The van der Waals surface area contributed by atoms with E-state index < -0.39 is 39.7 Å². The molecular formula is C74H91Cl2N3O14S8. The molecule has 17 nitrogen and oxygen atoms in total. The van der Waals surface area contributed by atoms with E-state index in [-0.39, 0.29) is 83.0 Å². The van der Waals surface area contributed by atoms with Gasteiger partial charge in [0, 0.05) is 59.6 Å². The first-order chi connectivity index (χ1) is 46.3. The molecule has 548 valence electrons. The van der Waals surface area contributed by atoms with Gasteiger partial charge in [0.25, 0.3) is 5.91 Å². The van der Waals surface area contributed by atoms with E-state index in [4.69, 9.17) is 35.4 Å². The highest BCUT2D eigenvalue weighted by Gasteiger charge is 2.27. The second-order valence-electron chi connectivity index (χ2n) is 26.6. The van der Waals surface area contributed by atoms with E-state index in [1.807, 2.05) is 220 Å². The number of hydrogen-bond donors (Lipinski definition) is 6. The summed E-state index contributed by atoms with van der Waals surface area (Å²) in [7, 11) is -0.145. The quantitative estimate of drug-likeness (QED) is 0.0163. The van der Waals surface area contributed by atoms with Crippen LogP contribution in [0.3, 0.4) is 0 Å². The van der Waals surface area contributed by atoms with Crippen LogP contribution >= 0.6 is 104 Å². The smallest absolute Gasteiger partial charge is 0.348 e. The van der Waals surface area contributed by atoms with Crippen molar-refractivity contribution >= 4 is 187 Å². The Labute approximate surface area is 634 Å². The molecule has 3 aromatic carbocycles. The van der Waals surface area contributed by atoms with Gasteiger partial charge in [-0.25, -0.2) is 33.6 Å². The van der Waals surface area contributed by atoms with E-state index >= 15 is 0 Å². The minimum atomic E-state index is -1.14. The Morgan fingerprint density at radius 1 is 0.446 bits per heavy atom. The van der Waals surface area contributed by atoms with Crippen LogP contribution in [0.25, 0.3) is 30.3 Å². The maximum absolute atomic E-state index is 12.6. The van der Waals surface area contributed by atoms with Crippen LogP contribution in [0.1, 0.15) is 235 Å². The fourth-order valence-electron chi connectivity index (χ4n) is 8.59. The molecule has 10 rings (SSSR count). The van der Waals surface area contributed by atoms with Crippen molar-refractivity contribution in [3.05, 3.63) is 193 Å². The minimum absolute atomic E-state index is 0. The van der Waals surface area contributed by atoms with Crippen molar-refractivity contribution < 1.29 is 67.4 Å². The van der Waals surface area contributed by atoms with Crippen LogP contribution in [0, 0.1) is 0 Å². The molecule has 5 atom stereocenters. The highest BCUT2D eigenvalue weighted by atomic mass is 35.5. The maximum Gasteiger partial charge on any atom is 0.348 e. The van der Waals surface area contributed by atoms with Crippen molar-refractivity contribution in [1.82, 2.24) is 10.2 Å². The SMILES string of the molecule is CO.C[C@@H](CC(=O)c1cc2ccccc2s1)c1ccc(C(=O)NO)s1.C[C@@H](CC(=O)c1cc2ccccc2s1)c1ccc(C(=O)OC(C)(C)C)s1.C[C@@H](N)c1ccc(C(=O)OC(C)(C)C)s1.C[C@@H](N[S@@](=O)C(C)(C)C)c1ccc(C(=O)OC(C)(C)C)s1.Cl.Cl.O=C(O)c1cc2ccccc2s1. The summed E-state index contributed by atoms with van der Waals surface area (Å²) in [5.41, 5.74) is 5.87. The highest BCUT2D eigenvalue weighted by molar-refractivity contribution is 7.84. The zero-order chi connectivity index (χ0) is 73.9. The molecule has 7 heterocycles. The van der Waals surface area contributed by atoms with E-state index in [0.717, 1.165) is 66.6 Å². The Balaban J connectivity index is 0.000000331. The van der Waals surface area contributed by atoms with Gasteiger partial charge in [-0.3, -0.25) is 19.6 Å². The number of hydroxylamine groups is 1. The van der Waals surface area contributed by atoms with Crippen LogP contribution in [0.15, 0.2) is 140 Å². The number of rotatable bonds is 17. The summed E-state index contributed by atoms with van der Waals surface area (Å²) in [5, 5.41) is 27.5. The van der Waals surface area contributed by atoms with Crippen molar-refractivity contribution in [3.63, 3.8) is 0 Å². The van der Waals surface area contributed by atoms with Crippen molar-refractivity contribution in [1.29, 1.82) is 0 Å². The van der Waals surface area contributed by atoms with Gasteiger partial charge in [0.2, 0.25) is 0 Å². The predicted octanol–water partition coefficient (Wildman–Crippen LogP) is 20.3. The standard InChI is InChI=1S/C21H22O3S2.C17H15NO3S2.C15H25NO3S2.C11H17NO2S.C9H6O2S.CH4O.2ClH/c1-13(16-9-10-18(25-16)20(23)24-21(2,3)4)11-15(22)19-12-14-7-5-6-8-17(14)26-19;1-10(13-6-7-15(22-13)17(20)18-21)8-12(19)16-9-11-4-2-3-5-14(11)23-16;1-10(16-21(18)15(5,6)7)11-8-9-12(20-11)13(17)19-14(2,3)4;1-7(12)8-5-6-9(15-8)10(13)14-11(2,3)4;10-9(11)8-5-6-3-1-2-4-7(6)12-8;1-2;;/h5-10,12-13H,11H2,1-4H3;2-7,9-10,21H,8H2,1H3,(H,18,20);8-10,16H,1-7H3;5-7H,12H2,1-4H3;1-5H,(H,10,11);2H,1H3;2*1H/t13-;10-;10-,21+;7-;;;;/m0011..../s1. The fraction of sp³-hybridized carbons (Fsp3) is 0.365. The molecule has 0 aliphatic carbocycles. The Bertz CT molecular complexity index is 4280. The number of carbonyl (C=O) groups excluding carboxylic acids is 6. The monoisotopic (exact) mass is 1570 g/mol. The second kappa shape index (κ2) is 40.0. The van der Waals surface area contributed by atoms with E-state index in [9.17, 15) is 37.8 Å². The zero-order valence-corrected chi connectivity index (χ0v) is 67.7. The summed E-state index contributed by atoms with van der Waals surface area (Å²) < 4.78 is 34.1. The number of amides is 1. The average Bonchev–Trinajstić information content (AvgIpc) is 1.72. The summed E-state index contributed by atoms with van der Waals surface area (Å²) in [5.74, 6) is -1.93. The van der Waals surface area contributed by atoms with Gasteiger partial charge in [-0.1, -0.05) is 68.4 Å². The van der Waals surface area contributed by atoms with Crippen molar-refractivity contribution in [2.75, 3.05) is 7.11 Å². The van der Waals surface area contributed by atoms with Crippen molar-refractivity contribution in [2.45, 2.75) is 169 Å². The molecule has 0 bridgehead atoms. The molecule has 1 amide bonds. The number of benzene rings is 3. The lowest BCUT2D eigenvalue weighted by atomic mass is 10.0. The van der Waals surface area contributed by atoms with E-state index in [1.165, 1.54) is 79.4 Å². The highest BCUT2D eigenvalue weighted by Crippen LogP contribution is 2.35. The lowest BCUT2D eigenvalue weighted by Gasteiger charge is -2.21. The molecule has 0 fully saturated rings. The number of carbonyl (C=O) groups is 7. The number of nitrogens with one attached hydrogen (secondary N) is 2. The Morgan fingerprint density at radius 2 is 0.752 bits per heavy atom. The molecule has 10 aromatic rings. The first kappa shape index (κ1) is 88.8. The topological polar surface area (TPSA) is 275 Å². The van der Waals surface area contributed by atoms with Crippen LogP contribution in [0.4, 0.5) is 0 Å². The molecule has 7 N–H and O–H groups in total. The molecule has 0 radical (unpaired) electrons. The van der Waals surface area contributed by atoms with Crippen molar-refractivity contribution in [2.24, 2.45) is 5.73 Å². The van der Waals surface area contributed by atoms with Crippen LogP contribution in [0.2, 0.25) is 0 Å². The third-order valence-electron chi connectivity index (χ3n) is 13.3. The number of halogens is 2. The van der Waals surface area contributed by atoms with Crippen LogP contribution < -0.4 is 15.9 Å². The van der Waals surface area contributed by atoms with Gasteiger partial charge in [0.05, 0.1) is 36.4 Å². The van der Waals surface area contributed by atoms with Crippen LogP contribution in [-0.4, -0.2) is 89.6 Å². The Hall–Kier alpha value is -6.40. The molecule has 0 unspecified atom stereocenters. The Morgan fingerprint density at radius 3 is 1.08 bits per heavy atom. The van der Waals surface area contributed by atoms with Crippen LogP contribution in [0.5, 0.6) is 0 Å². The second-order valence-corrected chi connectivity index (χ2v) is 36.3. The first-order valence-corrected chi connectivity index (χ1v) is 38.3. The minimum Gasteiger partial charge on any atom is -0.477 e. The number of esters is 3. The maximum atomic E-state index is 12.6. The molecule has 0 aliphatic rings. The number of ether oxygens (including phenoxy) is 3. The number of aliphatic hydroxyl groups is 1. The fourth-order valence-corrected chi connectivity index (χ4v) is 16.0. The van der Waals surface area contributed by atoms with Crippen LogP contribution in [-0.2, 0) is 25.2 Å². The molecule has 27 heteroatoms. The summed E-state index contributed by atoms with van der Waals surface area (Å²) >= 11 is 9.82. The average molecular weight is 1570 g/mol. The first-order valence-electron chi connectivity index (χ1n) is 31.4. The third kappa shape index (κ3) is 28.6. The number of Topliss-reactive ketones (excluding diaryl/α,β-unsaturated/α-hetero) is 2. The van der Waals surface area contributed by atoms with Gasteiger partial charge in [0.1, 0.15) is 36.3 Å². The van der Waals surface area contributed by atoms with Gasteiger partial charge in [-0.2, -0.15) is 0 Å². The molecule has 7 aromatic heterocycles.